The van der Waals surface area contributed by atoms with Crippen LogP contribution in [0.5, 0.6) is 5.75 Å². The van der Waals surface area contributed by atoms with Gasteiger partial charge in [-0.1, -0.05) is 0 Å². The van der Waals surface area contributed by atoms with Crippen molar-refractivity contribution in [3.8, 4) is 5.75 Å². The summed E-state index contributed by atoms with van der Waals surface area (Å²) in [5.74, 6) is -2.02. The van der Waals surface area contributed by atoms with Crippen LogP contribution >= 0.6 is 0 Å². The van der Waals surface area contributed by atoms with Crippen LogP contribution in [0, 0.1) is 0 Å². The third-order valence-electron chi connectivity index (χ3n) is 2.32. The predicted molar refractivity (Wildman–Crippen MR) is 79.8 cm³/mol. The van der Waals surface area contributed by atoms with E-state index in [4.69, 9.17) is 20.4 Å². The van der Waals surface area contributed by atoms with Gasteiger partial charge in [0.25, 0.3) is 0 Å². The first-order chi connectivity index (χ1) is 11.0. The van der Waals surface area contributed by atoms with Crippen LogP contribution in [-0.2, 0) is 16.1 Å². The molecule has 10 heteroatoms. The number of methoxy groups -OCH3 is 1. The molecule has 1 amide bonds. The van der Waals surface area contributed by atoms with Crippen molar-refractivity contribution in [2.24, 2.45) is 5.73 Å². The fraction of sp³-hybridized carbons (Fsp3) is 0.429. The summed E-state index contributed by atoms with van der Waals surface area (Å²) in [6.45, 7) is 4.24. The number of nitrogens with one attached hydrogen (secondary N) is 1. The summed E-state index contributed by atoms with van der Waals surface area (Å²) in [5.41, 5.74) is 7.11. The molecular weight excluding hydrogens is 333 g/mol. The van der Waals surface area contributed by atoms with Crippen molar-refractivity contribution in [3.63, 3.8) is 0 Å². The van der Waals surface area contributed by atoms with Gasteiger partial charge in [0.2, 0.25) is 0 Å². The molecular formula is C14H19F3N2O5. The fourth-order valence-electron chi connectivity index (χ4n) is 1.35. The first-order valence-corrected chi connectivity index (χ1v) is 6.66. The van der Waals surface area contributed by atoms with E-state index in [-0.39, 0.29) is 6.10 Å². The first-order valence-electron chi connectivity index (χ1n) is 6.66. The summed E-state index contributed by atoms with van der Waals surface area (Å²) in [6.07, 6.45) is -5.51. The van der Waals surface area contributed by atoms with Crippen LogP contribution in [0.3, 0.4) is 0 Å². The normalized spacial score (nSPS) is 10.5. The van der Waals surface area contributed by atoms with Crippen molar-refractivity contribution < 1.29 is 37.3 Å². The average molecular weight is 352 g/mol. The van der Waals surface area contributed by atoms with E-state index in [1.54, 1.807) is 18.2 Å². The lowest BCUT2D eigenvalue weighted by Crippen LogP contribution is -2.21. The lowest BCUT2D eigenvalue weighted by atomic mass is 10.1. The van der Waals surface area contributed by atoms with Gasteiger partial charge in [0.1, 0.15) is 5.75 Å². The highest BCUT2D eigenvalue weighted by molar-refractivity contribution is 5.84. The zero-order valence-electron chi connectivity index (χ0n) is 13.3. The topological polar surface area (TPSA) is 111 Å². The molecule has 0 heterocycles. The molecule has 0 aliphatic rings. The van der Waals surface area contributed by atoms with Crippen molar-refractivity contribution in [3.05, 3.63) is 23.8 Å². The number of carboxylic acid groups (broad SMARTS) is 1. The summed E-state index contributed by atoms with van der Waals surface area (Å²) in [7, 11) is 1.31. The van der Waals surface area contributed by atoms with Crippen molar-refractivity contribution in [2.75, 3.05) is 12.4 Å². The van der Waals surface area contributed by atoms with E-state index >= 15 is 0 Å². The standard InChI is InChI=1S/C12H18N2O3.C2HF3O2/c1-8(2)17-11-5-4-10(6-9(11)7-13)14-12(15)16-3;3-2(4,5)1(6)7/h4-6,8H,7,13H2,1-3H3,(H,14,15);(H,6,7). The summed E-state index contributed by atoms with van der Waals surface area (Å²) in [5, 5.41) is 9.70. The zero-order valence-corrected chi connectivity index (χ0v) is 13.3. The molecule has 0 unspecified atom stereocenters. The summed E-state index contributed by atoms with van der Waals surface area (Å²) in [6, 6.07) is 5.30. The molecule has 0 aliphatic heterocycles. The number of hydrogen-bond donors (Lipinski definition) is 3. The second-order valence-corrected chi connectivity index (χ2v) is 4.61. The van der Waals surface area contributed by atoms with Crippen molar-refractivity contribution in [2.45, 2.75) is 32.7 Å². The minimum Gasteiger partial charge on any atom is -0.491 e. The molecule has 0 radical (unpaired) electrons. The molecule has 0 aromatic heterocycles. The van der Waals surface area contributed by atoms with Gasteiger partial charge >= 0.3 is 18.2 Å². The van der Waals surface area contributed by atoms with E-state index in [0.717, 1.165) is 11.3 Å². The molecule has 24 heavy (non-hydrogen) atoms. The number of carbonyl (C=O) groups excluding carboxylic acids is 1. The number of anilines is 1. The van der Waals surface area contributed by atoms with Crippen LogP contribution in [0.4, 0.5) is 23.7 Å². The number of benzene rings is 1. The zero-order chi connectivity index (χ0) is 18.9. The average Bonchev–Trinajstić information content (AvgIpc) is 2.47. The molecule has 0 spiro atoms. The Morgan fingerprint density at radius 3 is 2.25 bits per heavy atom. The molecule has 0 atom stereocenters. The molecule has 1 rings (SSSR count). The number of carboxylic acids is 1. The van der Waals surface area contributed by atoms with Gasteiger partial charge < -0.3 is 20.3 Å². The number of nitrogens with two attached hydrogens (primary N) is 1. The van der Waals surface area contributed by atoms with Gasteiger partial charge in [0.15, 0.2) is 0 Å². The molecule has 0 saturated carbocycles. The van der Waals surface area contributed by atoms with E-state index in [2.05, 4.69) is 10.1 Å². The van der Waals surface area contributed by atoms with Gasteiger partial charge in [-0.2, -0.15) is 13.2 Å². The summed E-state index contributed by atoms with van der Waals surface area (Å²) >= 11 is 0. The van der Waals surface area contributed by atoms with Crippen molar-refractivity contribution in [1.29, 1.82) is 0 Å². The maximum atomic E-state index is 11.0. The number of rotatable bonds is 4. The van der Waals surface area contributed by atoms with Crippen LogP contribution < -0.4 is 15.8 Å². The van der Waals surface area contributed by atoms with Gasteiger partial charge in [-0.3, -0.25) is 5.32 Å². The number of halogens is 3. The van der Waals surface area contributed by atoms with Crippen LogP contribution in [0.1, 0.15) is 19.4 Å². The van der Waals surface area contributed by atoms with Gasteiger partial charge in [0.05, 0.1) is 13.2 Å². The largest absolute Gasteiger partial charge is 0.491 e. The van der Waals surface area contributed by atoms with E-state index in [1.165, 1.54) is 7.11 Å². The van der Waals surface area contributed by atoms with Gasteiger partial charge in [0, 0.05) is 17.8 Å². The summed E-state index contributed by atoms with van der Waals surface area (Å²) < 4.78 is 41.8. The Labute approximate surface area is 136 Å². The Bertz CT molecular complexity index is 562. The van der Waals surface area contributed by atoms with Crippen LogP contribution in [0.25, 0.3) is 0 Å². The van der Waals surface area contributed by atoms with Crippen LogP contribution in [0.15, 0.2) is 18.2 Å². The molecule has 1 aromatic carbocycles. The molecule has 0 bridgehead atoms. The minimum absolute atomic E-state index is 0.0831. The second-order valence-electron chi connectivity index (χ2n) is 4.61. The van der Waals surface area contributed by atoms with Crippen molar-refractivity contribution >= 4 is 17.7 Å². The third-order valence-corrected chi connectivity index (χ3v) is 2.32. The molecule has 136 valence electrons. The fourth-order valence-corrected chi connectivity index (χ4v) is 1.35. The summed E-state index contributed by atoms with van der Waals surface area (Å²) in [4.78, 5) is 19.9. The van der Waals surface area contributed by atoms with E-state index < -0.39 is 18.2 Å². The molecule has 0 saturated heterocycles. The molecule has 7 nitrogen and oxygen atoms in total. The quantitative estimate of drug-likeness (QED) is 0.768. The van der Waals surface area contributed by atoms with Gasteiger partial charge in [-0.05, 0) is 32.0 Å². The van der Waals surface area contributed by atoms with Gasteiger partial charge in [-0.15, -0.1) is 0 Å². The number of ether oxygens (including phenoxy) is 2. The van der Waals surface area contributed by atoms with Crippen molar-refractivity contribution in [1.82, 2.24) is 0 Å². The number of hydrogen-bond acceptors (Lipinski definition) is 5. The highest BCUT2D eigenvalue weighted by Gasteiger charge is 2.38. The molecule has 1 aromatic rings. The van der Waals surface area contributed by atoms with Gasteiger partial charge in [-0.25, -0.2) is 9.59 Å². The van der Waals surface area contributed by atoms with Crippen LogP contribution in [-0.4, -0.2) is 36.6 Å². The first kappa shape index (κ1) is 21.5. The molecule has 0 aliphatic carbocycles. The number of carbonyl (C=O) groups is 2. The second kappa shape index (κ2) is 9.60. The Morgan fingerprint density at radius 1 is 1.33 bits per heavy atom. The Kier molecular flexibility index (Phi) is 8.61. The monoisotopic (exact) mass is 352 g/mol. The number of amides is 1. The minimum atomic E-state index is -5.08. The van der Waals surface area contributed by atoms with E-state index in [1.807, 2.05) is 13.8 Å². The maximum absolute atomic E-state index is 11.0. The number of alkyl halides is 3. The highest BCUT2D eigenvalue weighted by Crippen LogP contribution is 2.23. The smallest absolute Gasteiger partial charge is 0.490 e. The van der Waals surface area contributed by atoms with E-state index in [9.17, 15) is 18.0 Å². The van der Waals surface area contributed by atoms with E-state index in [0.29, 0.717) is 12.2 Å². The maximum Gasteiger partial charge on any atom is 0.490 e. The Balaban J connectivity index is 0.000000640. The highest BCUT2D eigenvalue weighted by atomic mass is 19.4. The molecule has 0 fully saturated rings. The third kappa shape index (κ3) is 8.22. The van der Waals surface area contributed by atoms with Crippen LogP contribution in [0.2, 0.25) is 0 Å². The SMILES string of the molecule is COC(=O)Nc1ccc(OC(C)C)c(CN)c1.O=C(O)C(F)(F)F. The Morgan fingerprint density at radius 2 is 1.88 bits per heavy atom. The number of aliphatic carboxylic acids is 1. The molecule has 4 N–H and O–H groups in total. The predicted octanol–water partition coefficient (Wildman–Crippen LogP) is 2.74. The lowest BCUT2D eigenvalue weighted by Gasteiger charge is -2.14. The Hall–Kier alpha value is -2.49. The lowest BCUT2D eigenvalue weighted by molar-refractivity contribution is -0.192.